The van der Waals surface area contributed by atoms with Crippen molar-refractivity contribution in [2.24, 2.45) is 0 Å². The van der Waals surface area contributed by atoms with E-state index in [0.717, 1.165) is 17.0 Å². The van der Waals surface area contributed by atoms with Gasteiger partial charge in [-0.2, -0.15) is 0 Å². The van der Waals surface area contributed by atoms with Gasteiger partial charge in [0.1, 0.15) is 17.8 Å². The molecule has 1 aromatic carbocycles. The van der Waals surface area contributed by atoms with Crippen LogP contribution in [-0.4, -0.2) is 31.0 Å². The van der Waals surface area contributed by atoms with Gasteiger partial charge in [-0.1, -0.05) is 13.8 Å². The largest absolute Gasteiger partial charge is 0.497 e. The van der Waals surface area contributed by atoms with Crippen LogP contribution in [0.25, 0.3) is 0 Å². The molecule has 1 heterocycles. The van der Waals surface area contributed by atoms with Crippen LogP contribution in [0.15, 0.2) is 18.2 Å². The SMILES string of the molecule is CCC1(CC)NC(=O)CN(c2ccc(OC)cc2C)C1=O. The smallest absolute Gasteiger partial charge is 0.253 e. The van der Waals surface area contributed by atoms with Crippen LogP contribution in [0, 0.1) is 6.92 Å². The number of aryl methyl sites for hydroxylation is 1. The Morgan fingerprint density at radius 1 is 1.29 bits per heavy atom. The first-order chi connectivity index (χ1) is 9.97. The van der Waals surface area contributed by atoms with Crippen molar-refractivity contribution in [3.05, 3.63) is 23.8 Å². The molecular formula is C16H22N2O3. The van der Waals surface area contributed by atoms with Gasteiger partial charge >= 0.3 is 0 Å². The number of carbonyl (C=O) groups is 2. The molecule has 0 unspecified atom stereocenters. The predicted molar refractivity (Wildman–Crippen MR) is 81.5 cm³/mol. The lowest BCUT2D eigenvalue weighted by Gasteiger charge is -2.41. The van der Waals surface area contributed by atoms with E-state index >= 15 is 0 Å². The second-order valence-corrected chi connectivity index (χ2v) is 5.38. The van der Waals surface area contributed by atoms with Crippen LogP contribution in [0.2, 0.25) is 0 Å². The third kappa shape index (κ3) is 2.60. The monoisotopic (exact) mass is 290 g/mol. The molecule has 0 bridgehead atoms. The van der Waals surface area contributed by atoms with Crippen LogP contribution >= 0.6 is 0 Å². The fourth-order valence-corrected chi connectivity index (χ4v) is 2.82. The molecule has 0 radical (unpaired) electrons. The number of methoxy groups -OCH3 is 1. The third-order valence-electron chi connectivity index (χ3n) is 4.24. The topological polar surface area (TPSA) is 58.6 Å². The summed E-state index contributed by atoms with van der Waals surface area (Å²) < 4.78 is 5.19. The summed E-state index contributed by atoms with van der Waals surface area (Å²) in [6.45, 7) is 5.82. The molecule has 21 heavy (non-hydrogen) atoms. The van der Waals surface area contributed by atoms with Crippen LogP contribution < -0.4 is 15.0 Å². The fourth-order valence-electron chi connectivity index (χ4n) is 2.82. The summed E-state index contributed by atoms with van der Waals surface area (Å²) in [6.07, 6.45) is 1.17. The lowest BCUT2D eigenvalue weighted by molar-refractivity contribution is -0.136. The number of nitrogens with zero attached hydrogens (tertiary/aromatic N) is 1. The zero-order valence-corrected chi connectivity index (χ0v) is 13.0. The van der Waals surface area contributed by atoms with Gasteiger partial charge in [0.25, 0.3) is 5.91 Å². The fraction of sp³-hybridized carbons (Fsp3) is 0.500. The quantitative estimate of drug-likeness (QED) is 0.923. The van der Waals surface area contributed by atoms with E-state index in [4.69, 9.17) is 4.74 Å². The Labute approximate surface area is 125 Å². The average Bonchev–Trinajstić information content (AvgIpc) is 2.49. The second-order valence-electron chi connectivity index (χ2n) is 5.38. The van der Waals surface area contributed by atoms with E-state index in [2.05, 4.69) is 5.32 Å². The van der Waals surface area contributed by atoms with Crippen LogP contribution in [0.1, 0.15) is 32.3 Å². The highest BCUT2D eigenvalue weighted by Gasteiger charge is 2.44. The molecule has 0 aliphatic carbocycles. The van der Waals surface area contributed by atoms with Crippen molar-refractivity contribution < 1.29 is 14.3 Å². The van der Waals surface area contributed by atoms with Crippen molar-refractivity contribution in [1.82, 2.24) is 5.32 Å². The average molecular weight is 290 g/mol. The highest BCUT2D eigenvalue weighted by molar-refractivity contribution is 6.09. The van der Waals surface area contributed by atoms with E-state index < -0.39 is 5.54 Å². The Balaban J connectivity index is 2.43. The molecule has 5 heteroatoms. The molecular weight excluding hydrogens is 268 g/mol. The number of nitrogens with one attached hydrogen (secondary N) is 1. The van der Waals surface area contributed by atoms with Gasteiger partial charge in [0.2, 0.25) is 5.91 Å². The van der Waals surface area contributed by atoms with Gasteiger partial charge in [-0.05, 0) is 43.5 Å². The summed E-state index contributed by atoms with van der Waals surface area (Å²) in [5.74, 6) is 0.580. The Bertz CT molecular complexity index is 565. The van der Waals surface area contributed by atoms with Crippen molar-refractivity contribution >= 4 is 17.5 Å². The van der Waals surface area contributed by atoms with Crippen molar-refractivity contribution in [3.8, 4) is 5.75 Å². The predicted octanol–water partition coefficient (Wildman–Crippen LogP) is 2.03. The molecule has 0 saturated carbocycles. The molecule has 1 aliphatic rings. The highest BCUT2D eigenvalue weighted by Crippen LogP contribution is 2.30. The minimum absolute atomic E-state index is 0.0413. The van der Waals surface area contributed by atoms with Crippen molar-refractivity contribution in [2.45, 2.75) is 39.2 Å². The first kappa shape index (κ1) is 15.4. The minimum Gasteiger partial charge on any atom is -0.497 e. The summed E-state index contributed by atoms with van der Waals surface area (Å²) in [5.41, 5.74) is 0.891. The Kier molecular flexibility index (Phi) is 4.21. The van der Waals surface area contributed by atoms with Crippen LogP contribution in [-0.2, 0) is 9.59 Å². The molecule has 1 fully saturated rings. The number of anilines is 1. The lowest BCUT2D eigenvalue weighted by Crippen LogP contribution is -2.66. The van der Waals surface area contributed by atoms with Gasteiger partial charge in [0.15, 0.2) is 0 Å². The third-order valence-corrected chi connectivity index (χ3v) is 4.24. The van der Waals surface area contributed by atoms with Crippen molar-refractivity contribution in [3.63, 3.8) is 0 Å². The minimum atomic E-state index is -0.790. The molecule has 2 rings (SSSR count). The number of ether oxygens (including phenoxy) is 1. The second kappa shape index (κ2) is 5.76. The van der Waals surface area contributed by atoms with E-state index in [1.54, 1.807) is 12.0 Å². The van der Waals surface area contributed by atoms with E-state index in [-0.39, 0.29) is 18.4 Å². The zero-order chi connectivity index (χ0) is 15.6. The standard InChI is InChI=1S/C16H22N2O3/c1-5-16(6-2)15(20)18(10-14(19)17-16)13-8-7-12(21-4)9-11(13)3/h7-9H,5-6,10H2,1-4H3,(H,17,19). The molecule has 0 aromatic heterocycles. The summed E-state index contributed by atoms with van der Waals surface area (Å²) in [5, 5.41) is 2.87. The number of rotatable bonds is 4. The molecule has 1 N–H and O–H groups in total. The highest BCUT2D eigenvalue weighted by atomic mass is 16.5. The summed E-state index contributed by atoms with van der Waals surface area (Å²) in [6, 6.07) is 5.51. The van der Waals surface area contributed by atoms with Gasteiger partial charge < -0.3 is 15.0 Å². The number of hydrogen-bond donors (Lipinski definition) is 1. The van der Waals surface area contributed by atoms with Gasteiger partial charge in [0, 0.05) is 5.69 Å². The molecule has 0 spiro atoms. The van der Waals surface area contributed by atoms with Gasteiger partial charge in [-0.3, -0.25) is 9.59 Å². The van der Waals surface area contributed by atoms with E-state index in [1.807, 2.05) is 39.0 Å². The van der Waals surface area contributed by atoms with Crippen LogP contribution in [0.3, 0.4) is 0 Å². The number of amides is 2. The first-order valence-electron chi connectivity index (χ1n) is 7.25. The maximum Gasteiger partial charge on any atom is 0.253 e. The summed E-state index contributed by atoms with van der Waals surface area (Å²) in [4.78, 5) is 26.5. The molecule has 0 atom stereocenters. The molecule has 1 aromatic rings. The number of hydrogen-bond acceptors (Lipinski definition) is 3. The molecule has 1 aliphatic heterocycles. The number of piperazine rings is 1. The summed E-state index contributed by atoms with van der Waals surface area (Å²) >= 11 is 0. The number of benzene rings is 1. The van der Waals surface area contributed by atoms with E-state index in [0.29, 0.717) is 12.8 Å². The normalized spacial score (nSPS) is 17.6. The molecule has 2 amide bonds. The van der Waals surface area contributed by atoms with E-state index in [1.165, 1.54) is 0 Å². The summed E-state index contributed by atoms with van der Waals surface area (Å²) in [7, 11) is 1.60. The van der Waals surface area contributed by atoms with Gasteiger partial charge in [-0.15, -0.1) is 0 Å². The number of carbonyl (C=O) groups excluding carboxylic acids is 2. The van der Waals surface area contributed by atoms with E-state index in [9.17, 15) is 9.59 Å². The Morgan fingerprint density at radius 3 is 2.48 bits per heavy atom. The van der Waals surface area contributed by atoms with Crippen molar-refractivity contribution in [2.75, 3.05) is 18.6 Å². The van der Waals surface area contributed by atoms with Crippen LogP contribution in [0.4, 0.5) is 5.69 Å². The van der Waals surface area contributed by atoms with Gasteiger partial charge in [0.05, 0.1) is 7.11 Å². The Morgan fingerprint density at radius 2 is 1.95 bits per heavy atom. The first-order valence-corrected chi connectivity index (χ1v) is 7.25. The maximum absolute atomic E-state index is 12.8. The van der Waals surface area contributed by atoms with Gasteiger partial charge in [-0.25, -0.2) is 0 Å². The van der Waals surface area contributed by atoms with Crippen molar-refractivity contribution in [1.29, 1.82) is 0 Å². The maximum atomic E-state index is 12.8. The zero-order valence-electron chi connectivity index (χ0n) is 13.0. The molecule has 1 saturated heterocycles. The lowest BCUT2D eigenvalue weighted by atomic mass is 9.88. The Hall–Kier alpha value is -2.04. The molecule has 5 nitrogen and oxygen atoms in total. The van der Waals surface area contributed by atoms with Crippen LogP contribution in [0.5, 0.6) is 5.75 Å². The molecule has 114 valence electrons.